The van der Waals surface area contributed by atoms with E-state index in [-0.39, 0.29) is 12.4 Å². The monoisotopic (exact) mass is 317 g/mol. The molecule has 0 saturated heterocycles. The SMILES string of the molecule is O=Cc1c(C(F)(F)F)cc([N+](=O)[O-])cc1S(=O)(=O)Cl. The molecule has 0 aromatic heterocycles. The normalized spacial score (nSPS) is 12.2. The zero-order valence-corrected chi connectivity index (χ0v) is 10.2. The molecule has 0 spiro atoms. The van der Waals surface area contributed by atoms with Gasteiger partial charge in [-0.25, -0.2) is 8.42 Å². The lowest BCUT2D eigenvalue weighted by Gasteiger charge is -2.11. The van der Waals surface area contributed by atoms with Gasteiger partial charge < -0.3 is 0 Å². The molecular formula is C8H3ClF3NO5S. The summed E-state index contributed by atoms with van der Waals surface area (Å²) in [7, 11) is 0.117. The van der Waals surface area contributed by atoms with Crippen LogP contribution < -0.4 is 0 Å². The first-order valence-electron chi connectivity index (χ1n) is 4.28. The van der Waals surface area contributed by atoms with Gasteiger partial charge in [0.1, 0.15) is 4.90 Å². The van der Waals surface area contributed by atoms with Crippen molar-refractivity contribution >= 4 is 31.7 Å². The predicted molar refractivity (Wildman–Crippen MR) is 56.5 cm³/mol. The van der Waals surface area contributed by atoms with Gasteiger partial charge in [-0.05, 0) is 0 Å². The second-order valence-electron chi connectivity index (χ2n) is 3.22. The number of nitrogens with zero attached hydrogens (tertiary/aromatic N) is 1. The number of nitro benzene ring substituents is 1. The summed E-state index contributed by atoms with van der Waals surface area (Å²) in [5.41, 5.74) is -4.15. The largest absolute Gasteiger partial charge is 0.417 e. The number of aldehydes is 1. The number of benzene rings is 1. The van der Waals surface area contributed by atoms with Gasteiger partial charge in [0.2, 0.25) is 0 Å². The molecule has 104 valence electrons. The molecule has 0 heterocycles. The Balaban J connectivity index is 3.88. The molecule has 0 amide bonds. The summed E-state index contributed by atoms with van der Waals surface area (Å²) in [5, 5.41) is 10.5. The molecule has 0 aliphatic heterocycles. The van der Waals surface area contributed by atoms with E-state index in [4.69, 9.17) is 10.7 Å². The number of non-ortho nitro benzene ring substituents is 1. The van der Waals surface area contributed by atoms with E-state index in [0.717, 1.165) is 0 Å². The zero-order chi connectivity index (χ0) is 15.0. The summed E-state index contributed by atoms with van der Waals surface area (Å²) in [6, 6.07) is 0.358. The minimum atomic E-state index is -5.14. The summed E-state index contributed by atoms with van der Waals surface area (Å²) >= 11 is 0. The van der Waals surface area contributed by atoms with Gasteiger partial charge in [-0.15, -0.1) is 0 Å². The molecule has 1 rings (SSSR count). The van der Waals surface area contributed by atoms with Crippen molar-refractivity contribution in [1.29, 1.82) is 0 Å². The van der Waals surface area contributed by atoms with E-state index >= 15 is 0 Å². The maximum absolute atomic E-state index is 12.6. The van der Waals surface area contributed by atoms with Gasteiger partial charge in [0.25, 0.3) is 14.7 Å². The zero-order valence-electron chi connectivity index (χ0n) is 8.64. The molecule has 0 bridgehead atoms. The third-order valence-electron chi connectivity index (χ3n) is 2.02. The Hall–Kier alpha value is -1.68. The summed E-state index contributed by atoms with van der Waals surface area (Å²) in [6.45, 7) is 0. The van der Waals surface area contributed by atoms with Crippen molar-refractivity contribution < 1.29 is 31.3 Å². The summed E-state index contributed by atoms with van der Waals surface area (Å²) in [4.78, 5) is 18.6. The molecule has 0 aliphatic rings. The van der Waals surface area contributed by atoms with Gasteiger partial charge >= 0.3 is 6.18 Å². The summed E-state index contributed by atoms with van der Waals surface area (Å²) < 4.78 is 60.0. The Morgan fingerprint density at radius 3 is 2.16 bits per heavy atom. The van der Waals surface area contributed by atoms with Crippen LogP contribution in [0.1, 0.15) is 15.9 Å². The average Bonchev–Trinajstić information content (AvgIpc) is 2.24. The van der Waals surface area contributed by atoms with Gasteiger partial charge in [-0.3, -0.25) is 14.9 Å². The van der Waals surface area contributed by atoms with E-state index in [1.165, 1.54) is 0 Å². The number of alkyl halides is 3. The van der Waals surface area contributed by atoms with Crippen LogP contribution >= 0.6 is 10.7 Å². The Morgan fingerprint density at radius 2 is 1.84 bits per heavy atom. The number of halogens is 4. The van der Waals surface area contributed by atoms with Gasteiger partial charge in [-0.1, -0.05) is 0 Å². The Bertz CT molecular complexity index is 655. The molecule has 0 atom stereocenters. The van der Waals surface area contributed by atoms with E-state index in [1.54, 1.807) is 0 Å². The molecule has 0 fully saturated rings. The van der Waals surface area contributed by atoms with Crippen LogP contribution in [0.15, 0.2) is 17.0 Å². The topological polar surface area (TPSA) is 94.3 Å². The molecular weight excluding hydrogens is 315 g/mol. The second-order valence-corrected chi connectivity index (χ2v) is 5.75. The fourth-order valence-electron chi connectivity index (χ4n) is 1.28. The van der Waals surface area contributed by atoms with Crippen LogP contribution in [-0.4, -0.2) is 19.6 Å². The third-order valence-corrected chi connectivity index (χ3v) is 3.39. The lowest BCUT2D eigenvalue weighted by molar-refractivity contribution is -0.385. The summed E-state index contributed by atoms with van der Waals surface area (Å²) in [5.74, 6) is 0. The van der Waals surface area contributed by atoms with Crippen LogP contribution in [0.25, 0.3) is 0 Å². The fraction of sp³-hybridized carbons (Fsp3) is 0.125. The van der Waals surface area contributed by atoms with Crippen molar-refractivity contribution in [3.05, 3.63) is 33.4 Å². The molecule has 1 aromatic carbocycles. The number of nitro groups is 1. The average molecular weight is 318 g/mol. The van der Waals surface area contributed by atoms with Crippen LogP contribution in [0, 0.1) is 10.1 Å². The number of hydrogen-bond acceptors (Lipinski definition) is 5. The molecule has 0 aliphatic carbocycles. The van der Waals surface area contributed by atoms with Crippen molar-refractivity contribution in [2.75, 3.05) is 0 Å². The van der Waals surface area contributed by atoms with Crippen molar-refractivity contribution in [3.8, 4) is 0 Å². The number of rotatable bonds is 3. The van der Waals surface area contributed by atoms with E-state index in [2.05, 4.69) is 0 Å². The van der Waals surface area contributed by atoms with E-state index in [9.17, 15) is 36.5 Å². The van der Waals surface area contributed by atoms with E-state index in [0.29, 0.717) is 6.07 Å². The van der Waals surface area contributed by atoms with Gasteiger partial charge in [0, 0.05) is 28.4 Å². The fourth-order valence-corrected chi connectivity index (χ4v) is 2.34. The number of hydrogen-bond donors (Lipinski definition) is 0. The highest BCUT2D eigenvalue weighted by Crippen LogP contribution is 2.37. The Morgan fingerprint density at radius 1 is 1.32 bits per heavy atom. The van der Waals surface area contributed by atoms with Crippen molar-refractivity contribution in [3.63, 3.8) is 0 Å². The minimum absolute atomic E-state index is 0.0648. The number of carbonyl (C=O) groups excluding carboxylic acids is 1. The van der Waals surface area contributed by atoms with Crippen molar-refractivity contribution in [2.24, 2.45) is 0 Å². The van der Waals surface area contributed by atoms with Gasteiger partial charge in [0.05, 0.1) is 10.5 Å². The highest BCUT2D eigenvalue weighted by Gasteiger charge is 2.38. The third kappa shape index (κ3) is 3.20. The second kappa shape index (κ2) is 4.78. The first-order valence-corrected chi connectivity index (χ1v) is 6.59. The smallest absolute Gasteiger partial charge is 0.298 e. The van der Waals surface area contributed by atoms with Crippen LogP contribution in [0.4, 0.5) is 18.9 Å². The summed E-state index contributed by atoms with van der Waals surface area (Å²) in [6.07, 6.45) is -5.51. The molecule has 11 heteroatoms. The molecule has 0 radical (unpaired) electrons. The van der Waals surface area contributed by atoms with E-state index in [1.807, 2.05) is 0 Å². The van der Waals surface area contributed by atoms with Gasteiger partial charge in [-0.2, -0.15) is 13.2 Å². The van der Waals surface area contributed by atoms with Crippen LogP contribution in [0.5, 0.6) is 0 Å². The van der Waals surface area contributed by atoms with Crippen LogP contribution in [0.3, 0.4) is 0 Å². The maximum Gasteiger partial charge on any atom is 0.417 e. The Kier molecular flexibility index (Phi) is 3.87. The quantitative estimate of drug-likeness (QED) is 0.369. The van der Waals surface area contributed by atoms with E-state index < -0.39 is 41.9 Å². The molecule has 6 nitrogen and oxygen atoms in total. The molecule has 1 aromatic rings. The minimum Gasteiger partial charge on any atom is -0.298 e. The molecule has 0 N–H and O–H groups in total. The van der Waals surface area contributed by atoms with Crippen LogP contribution in [-0.2, 0) is 15.2 Å². The lowest BCUT2D eigenvalue weighted by atomic mass is 10.1. The highest BCUT2D eigenvalue weighted by molar-refractivity contribution is 8.13. The first-order chi connectivity index (χ1) is 8.48. The van der Waals surface area contributed by atoms with Crippen molar-refractivity contribution in [2.45, 2.75) is 11.1 Å². The highest BCUT2D eigenvalue weighted by atomic mass is 35.7. The standard InChI is InChI=1S/C8H3ClF3NO5S/c9-19(17,18)7-2-4(13(15)16)1-6(5(7)3-14)8(10,11)12/h1-3H. The molecule has 19 heavy (non-hydrogen) atoms. The predicted octanol–water partition coefficient (Wildman–Crippen LogP) is 2.35. The maximum atomic E-state index is 12.6. The Labute approximate surface area is 108 Å². The number of carbonyl (C=O) groups is 1. The van der Waals surface area contributed by atoms with Gasteiger partial charge in [0.15, 0.2) is 6.29 Å². The van der Waals surface area contributed by atoms with Crippen LogP contribution in [0.2, 0.25) is 0 Å². The van der Waals surface area contributed by atoms with Crippen molar-refractivity contribution in [1.82, 2.24) is 0 Å². The lowest BCUT2D eigenvalue weighted by Crippen LogP contribution is -2.13. The molecule has 0 unspecified atom stereocenters. The molecule has 0 saturated carbocycles. The first kappa shape index (κ1) is 15.4.